The van der Waals surface area contributed by atoms with E-state index in [1.54, 1.807) is 6.07 Å². The molecule has 0 aliphatic carbocycles. The summed E-state index contributed by atoms with van der Waals surface area (Å²) < 4.78 is 0. The van der Waals surface area contributed by atoms with E-state index in [0.29, 0.717) is 5.56 Å². The van der Waals surface area contributed by atoms with Crippen molar-refractivity contribution in [1.82, 2.24) is 0 Å². The zero-order valence-electron chi connectivity index (χ0n) is 12.6. The molecule has 2 aromatic rings. The summed E-state index contributed by atoms with van der Waals surface area (Å²) in [6.07, 6.45) is 1.04. The van der Waals surface area contributed by atoms with Gasteiger partial charge in [-0.1, -0.05) is 24.3 Å². The zero-order chi connectivity index (χ0) is 16.7. The summed E-state index contributed by atoms with van der Waals surface area (Å²) in [6, 6.07) is 14.8. The number of rotatable bonds is 4. The van der Waals surface area contributed by atoms with Crippen LogP contribution in [-0.2, 0) is 11.2 Å². The molecule has 1 aliphatic rings. The van der Waals surface area contributed by atoms with Gasteiger partial charge in [-0.05, 0) is 36.2 Å². The number of fused-ring (bicyclic) bond motifs is 1. The van der Waals surface area contributed by atoms with Crippen molar-refractivity contribution in [3.05, 3.63) is 59.7 Å². The summed E-state index contributed by atoms with van der Waals surface area (Å²) in [5.41, 5.74) is 8.85. The van der Waals surface area contributed by atoms with Crippen molar-refractivity contribution in [3.63, 3.8) is 0 Å². The molecule has 0 fully saturated rings. The van der Waals surface area contributed by atoms with Gasteiger partial charge in [-0.25, -0.2) is 0 Å². The molecule has 23 heavy (non-hydrogen) atoms. The quantitative estimate of drug-likeness (QED) is 0.690. The maximum atomic E-state index is 10.8. The van der Waals surface area contributed by atoms with Crippen LogP contribution in [0.4, 0.5) is 11.4 Å². The highest BCUT2D eigenvalue weighted by Gasteiger charge is 2.11. The van der Waals surface area contributed by atoms with Crippen molar-refractivity contribution in [1.29, 1.82) is 0 Å². The molecule has 5 N–H and O–H groups in total. The number of anilines is 2. The molecule has 0 spiro atoms. The second-order valence-electron chi connectivity index (χ2n) is 5.03. The molecule has 3 rings (SSSR count). The van der Waals surface area contributed by atoms with Crippen LogP contribution in [0, 0.1) is 0 Å². The number of primary amides is 1. The molecule has 0 saturated carbocycles. The Morgan fingerprint density at radius 3 is 2.57 bits per heavy atom. The molecule has 2 aromatic carbocycles. The lowest BCUT2D eigenvalue weighted by Gasteiger charge is -2.00. The van der Waals surface area contributed by atoms with Gasteiger partial charge in [0.15, 0.2) is 0 Å². The average Bonchev–Trinajstić information content (AvgIpc) is 3.02. The minimum Gasteiger partial charge on any atom is -0.480 e. The van der Waals surface area contributed by atoms with E-state index < -0.39 is 5.97 Å². The van der Waals surface area contributed by atoms with Crippen molar-refractivity contribution in [2.75, 3.05) is 23.7 Å². The normalized spacial score (nSPS) is 11.5. The number of nitrogens with one attached hydrogen (secondary N) is 2. The summed E-state index contributed by atoms with van der Waals surface area (Å²) in [4.78, 5) is 20.9. The first kappa shape index (κ1) is 16.4. The third kappa shape index (κ3) is 5.03. The second kappa shape index (κ2) is 7.84. The summed E-state index contributed by atoms with van der Waals surface area (Å²) in [7, 11) is 0. The molecule has 1 heterocycles. The van der Waals surface area contributed by atoms with Crippen molar-refractivity contribution in [2.24, 2.45) is 5.73 Å². The molecule has 1 aliphatic heterocycles. The van der Waals surface area contributed by atoms with E-state index in [4.69, 9.17) is 10.8 Å². The highest BCUT2D eigenvalue weighted by atomic mass is 16.4. The van der Waals surface area contributed by atoms with Gasteiger partial charge in [-0.2, -0.15) is 0 Å². The fourth-order valence-electron chi connectivity index (χ4n) is 2.18. The van der Waals surface area contributed by atoms with E-state index in [9.17, 15) is 9.59 Å². The summed E-state index contributed by atoms with van der Waals surface area (Å²) in [5.74, 6) is -1.22. The molecule has 6 heteroatoms. The number of aliphatic carboxylic acids is 1. The van der Waals surface area contributed by atoms with Crippen LogP contribution >= 0.6 is 0 Å². The summed E-state index contributed by atoms with van der Waals surface area (Å²) >= 11 is 0. The first-order valence-electron chi connectivity index (χ1n) is 7.23. The Morgan fingerprint density at radius 2 is 1.91 bits per heavy atom. The molecule has 0 bridgehead atoms. The fraction of sp³-hybridized carbons (Fsp3) is 0.176. The number of hydrogen-bond acceptors (Lipinski definition) is 4. The van der Waals surface area contributed by atoms with Gasteiger partial charge in [0.25, 0.3) is 0 Å². The van der Waals surface area contributed by atoms with Gasteiger partial charge < -0.3 is 21.5 Å². The molecular formula is C17H19N3O3. The van der Waals surface area contributed by atoms with Crippen LogP contribution in [0.3, 0.4) is 0 Å². The Kier molecular flexibility index (Phi) is 5.57. The molecule has 0 radical (unpaired) electrons. The monoisotopic (exact) mass is 313 g/mol. The number of hydrogen-bond donors (Lipinski definition) is 4. The van der Waals surface area contributed by atoms with Crippen LogP contribution in [0.15, 0.2) is 48.5 Å². The zero-order valence-corrected chi connectivity index (χ0v) is 12.6. The number of carboxylic acid groups (broad SMARTS) is 1. The number of carboxylic acids is 1. The summed E-state index contributed by atoms with van der Waals surface area (Å²) in [5, 5.41) is 14.2. The second-order valence-corrected chi connectivity index (χ2v) is 5.03. The molecule has 0 unspecified atom stereocenters. The first-order valence-corrected chi connectivity index (χ1v) is 7.23. The van der Waals surface area contributed by atoms with Gasteiger partial charge >= 0.3 is 5.97 Å². The largest absolute Gasteiger partial charge is 0.480 e. The number of nitrogens with two attached hydrogens (primary N) is 1. The average molecular weight is 313 g/mol. The molecular weight excluding hydrogens is 294 g/mol. The van der Waals surface area contributed by atoms with Crippen LogP contribution < -0.4 is 16.4 Å². The van der Waals surface area contributed by atoms with Gasteiger partial charge in [-0.15, -0.1) is 0 Å². The van der Waals surface area contributed by atoms with Crippen LogP contribution in [-0.4, -0.2) is 30.1 Å². The van der Waals surface area contributed by atoms with Gasteiger partial charge in [0.2, 0.25) is 5.91 Å². The minimum absolute atomic E-state index is 0.0377. The van der Waals surface area contributed by atoms with Crippen LogP contribution in [0.1, 0.15) is 15.9 Å². The van der Waals surface area contributed by atoms with Gasteiger partial charge in [0, 0.05) is 23.5 Å². The predicted molar refractivity (Wildman–Crippen MR) is 89.7 cm³/mol. The maximum Gasteiger partial charge on any atom is 0.322 e. The fourth-order valence-corrected chi connectivity index (χ4v) is 2.18. The van der Waals surface area contributed by atoms with E-state index in [0.717, 1.165) is 24.3 Å². The van der Waals surface area contributed by atoms with Crippen molar-refractivity contribution < 1.29 is 14.7 Å². The summed E-state index contributed by atoms with van der Waals surface area (Å²) in [6.45, 7) is 0.918. The number of amides is 1. The van der Waals surface area contributed by atoms with Crippen LogP contribution in [0.5, 0.6) is 0 Å². The maximum absolute atomic E-state index is 10.8. The van der Waals surface area contributed by atoms with Crippen LogP contribution in [0.25, 0.3) is 0 Å². The van der Waals surface area contributed by atoms with E-state index >= 15 is 0 Å². The molecule has 120 valence electrons. The minimum atomic E-state index is -0.853. The van der Waals surface area contributed by atoms with Gasteiger partial charge in [-0.3, -0.25) is 9.59 Å². The first-order chi connectivity index (χ1) is 11.1. The molecule has 0 atom stereocenters. The SMILES string of the molecule is NC(=O)c1ccc2c(c1)NCC2.O=C(O)CNc1ccccc1. The van der Waals surface area contributed by atoms with Crippen molar-refractivity contribution in [3.8, 4) is 0 Å². The smallest absolute Gasteiger partial charge is 0.322 e. The Bertz CT molecular complexity index is 687. The molecule has 0 saturated heterocycles. The van der Waals surface area contributed by atoms with Crippen LogP contribution in [0.2, 0.25) is 0 Å². The van der Waals surface area contributed by atoms with Gasteiger partial charge in [0.05, 0.1) is 0 Å². The third-order valence-electron chi connectivity index (χ3n) is 3.32. The van der Waals surface area contributed by atoms with E-state index in [2.05, 4.69) is 10.6 Å². The highest BCUT2D eigenvalue weighted by Crippen LogP contribution is 2.22. The molecule has 6 nitrogen and oxygen atoms in total. The lowest BCUT2D eigenvalue weighted by molar-refractivity contribution is -0.134. The lowest BCUT2D eigenvalue weighted by atomic mass is 10.1. The Labute approximate surface area is 134 Å². The molecule has 0 aromatic heterocycles. The topological polar surface area (TPSA) is 104 Å². The standard InChI is InChI=1S/C9H10N2O.C8H9NO2/c10-9(12)7-2-1-6-3-4-11-8(6)5-7;10-8(11)6-9-7-4-2-1-3-5-7/h1-2,5,11H,3-4H2,(H2,10,12);1-5,9H,6H2,(H,10,11). The number of carbonyl (C=O) groups excluding carboxylic acids is 1. The predicted octanol–water partition coefficient (Wildman–Crippen LogP) is 1.94. The van der Waals surface area contributed by atoms with Crippen molar-refractivity contribution >= 4 is 23.3 Å². The number of benzene rings is 2. The lowest BCUT2D eigenvalue weighted by Crippen LogP contribution is -2.11. The highest BCUT2D eigenvalue weighted by molar-refractivity contribution is 5.94. The van der Waals surface area contributed by atoms with E-state index in [-0.39, 0.29) is 12.5 Å². The number of carbonyl (C=O) groups is 2. The van der Waals surface area contributed by atoms with E-state index in [1.165, 1.54) is 5.56 Å². The third-order valence-corrected chi connectivity index (χ3v) is 3.32. The Hall–Kier alpha value is -3.02. The Morgan fingerprint density at radius 1 is 1.17 bits per heavy atom. The van der Waals surface area contributed by atoms with Crippen molar-refractivity contribution in [2.45, 2.75) is 6.42 Å². The number of para-hydroxylation sites is 1. The molecule has 1 amide bonds. The van der Waals surface area contributed by atoms with Gasteiger partial charge in [0.1, 0.15) is 6.54 Å². The van der Waals surface area contributed by atoms with E-state index in [1.807, 2.05) is 42.5 Å². The Balaban J connectivity index is 0.000000168.